The molecule has 1 saturated carbocycles. The van der Waals surface area contributed by atoms with Gasteiger partial charge in [0.25, 0.3) is 0 Å². The van der Waals surface area contributed by atoms with E-state index in [1.54, 1.807) is 20.8 Å². The lowest BCUT2D eigenvalue weighted by Crippen LogP contribution is -2.57. The molecule has 1 heterocycles. The number of nitrogens with zero attached hydrogens (tertiary/aromatic N) is 1. The second-order valence-electron chi connectivity index (χ2n) is 12.1. The molecule has 9 nitrogen and oxygen atoms in total. The summed E-state index contributed by atoms with van der Waals surface area (Å²) in [6.45, 7) is 9.86. The van der Waals surface area contributed by atoms with Gasteiger partial charge in [0.15, 0.2) is 0 Å². The minimum atomic E-state index is -0.827. The van der Waals surface area contributed by atoms with E-state index in [0.717, 1.165) is 31.2 Å². The molecule has 216 valence electrons. The fraction of sp³-hybridized carbons (Fsp3) is 0.667. The lowest BCUT2D eigenvalue weighted by Gasteiger charge is -2.31. The molecule has 0 unspecified atom stereocenters. The Kier molecular flexibility index (Phi) is 10.8. The molecule has 9 heteroatoms. The number of benzene rings is 1. The summed E-state index contributed by atoms with van der Waals surface area (Å²) in [6, 6.07) is 7.07. The highest BCUT2D eigenvalue weighted by Crippen LogP contribution is 2.29. The third-order valence-electron chi connectivity index (χ3n) is 7.17. The van der Waals surface area contributed by atoms with Gasteiger partial charge in [-0.05, 0) is 70.3 Å². The van der Waals surface area contributed by atoms with Gasteiger partial charge in [-0.3, -0.25) is 14.5 Å². The van der Waals surface area contributed by atoms with Crippen molar-refractivity contribution in [3.63, 3.8) is 0 Å². The summed E-state index contributed by atoms with van der Waals surface area (Å²) in [5.41, 5.74) is 0.190. The zero-order valence-corrected chi connectivity index (χ0v) is 24.0. The number of hydrogen-bond donors (Lipinski definition) is 2. The van der Waals surface area contributed by atoms with Crippen molar-refractivity contribution in [3.05, 3.63) is 35.9 Å². The van der Waals surface area contributed by atoms with E-state index in [2.05, 4.69) is 10.6 Å². The molecule has 3 amide bonds. The fourth-order valence-electron chi connectivity index (χ4n) is 5.29. The van der Waals surface area contributed by atoms with Gasteiger partial charge in [-0.15, -0.1) is 0 Å². The standard InChI is InChI=1S/C30H45N3O6/c1-20(2)18-23(28(36)38-19-21-12-7-6-8-13-21)31-27(35)25(22-14-9-10-15-22)32-26(34)24-16-11-17-33(24)29(37)39-30(3,4)5/h6-8,12-13,20,22-25H,9-11,14-19H2,1-5H3,(H,31,35)(H,32,34)/t23-,24-,25+/m0/s1. The molecule has 39 heavy (non-hydrogen) atoms. The van der Waals surface area contributed by atoms with Gasteiger partial charge in [0, 0.05) is 6.54 Å². The normalized spacial score (nSPS) is 19.4. The Labute approximate surface area is 232 Å². The highest BCUT2D eigenvalue weighted by Gasteiger charge is 2.40. The van der Waals surface area contributed by atoms with Crippen molar-refractivity contribution in [2.24, 2.45) is 11.8 Å². The van der Waals surface area contributed by atoms with Crippen LogP contribution in [0.3, 0.4) is 0 Å². The van der Waals surface area contributed by atoms with Gasteiger partial charge in [-0.25, -0.2) is 9.59 Å². The minimum Gasteiger partial charge on any atom is -0.459 e. The van der Waals surface area contributed by atoms with Crippen LogP contribution in [-0.4, -0.2) is 59.0 Å². The molecule has 1 aromatic carbocycles. The van der Waals surface area contributed by atoms with Crippen LogP contribution in [0.2, 0.25) is 0 Å². The van der Waals surface area contributed by atoms with Gasteiger partial charge in [-0.2, -0.15) is 0 Å². The van der Waals surface area contributed by atoms with Crippen molar-refractivity contribution in [2.75, 3.05) is 6.54 Å². The first kappa shape index (κ1) is 30.4. The smallest absolute Gasteiger partial charge is 0.410 e. The van der Waals surface area contributed by atoms with Crippen molar-refractivity contribution in [3.8, 4) is 0 Å². The molecule has 3 atom stereocenters. The Bertz CT molecular complexity index is 984. The first-order valence-electron chi connectivity index (χ1n) is 14.3. The number of rotatable bonds is 10. The number of carbonyl (C=O) groups is 4. The molecule has 3 rings (SSSR count). The quantitative estimate of drug-likeness (QED) is 0.425. The van der Waals surface area contributed by atoms with Crippen molar-refractivity contribution in [1.29, 1.82) is 0 Å². The number of esters is 1. The molecule has 0 radical (unpaired) electrons. The molecule has 1 aromatic rings. The minimum absolute atomic E-state index is 0.0367. The molecular formula is C30H45N3O6. The monoisotopic (exact) mass is 543 g/mol. The van der Waals surface area contributed by atoms with Crippen molar-refractivity contribution in [2.45, 2.75) is 110 Å². The van der Waals surface area contributed by atoms with Gasteiger partial charge in [0.2, 0.25) is 11.8 Å². The van der Waals surface area contributed by atoms with Gasteiger partial charge in [0.05, 0.1) is 0 Å². The summed E-state index contributed by atoms with van der Waals surface area (Å²) < 4.78 is 11.0. The Hall–Kier alpha value is -3.10. The van der Waals surface area contributed by atoms with Crippen molar-refractivity contribution in [1.82, 2.24) is 15.5 Å². The van der Waals surface area contributed by atoms with Crippen LogP contribution >= 0.6 is 0 Å². The summed E-state index contributed by atoms with van der Waals surface area (Å²) in [4.78, 5) is 54.2. The van der Waals surface area contributed by atoms with E-state index in [-0.39, 0.29) is 30.3 Å². The van der Waals surface area contributed by atoms with Crippen LogP contribution in [-0.2, 0) is 30.5 Å². The lowest BCUT2D eigenvalue weighted by molar-refractivity contribution is -0.150. The average molecular weight is 544 g/mol. The second-order valence-corrected chi connectivity index (χ2v) is 12.1. The van der Waals surface area contributed by atoms with Gasteiger partial charge < -0.3 is 20.1 Å². The van der Waals surface area contributed by atoms with E-state index in [1.807, 2.05) is 44.2 Å². The molecule has 2 fully saturated rings. The van der Waals surface area contributed by atoms with E-state index in [9.17, 15) is 19.2 Å². The second kappa shape index (κ2) is 13.8. The predicted octanol–water partition coefficient (Wildman–Crippen LogP) is 4.34. The van der Waals surface area contributed by atoms with Gasteiger partial charge in [-0.1, -0.05) is 57.0 Å². The maximum atomic E-state index is 13.6. The first-order chi connectivity index (χ1) is 18.4. The molecule has 0 aromatic heterocycles. The summed E-state index contributed by atoms with van der Waals surface area (Å²) in [6.07, 6.45) is 4.66. The highest BCUT2D eigenvalue weighted by molar-refractivity contribution is 5.93. The van der Waals surface area contributed by atoms with Crippen LogP contribution in [0.5, 0.6) is 0 Å². The highest BCUT2D eigenvalue weighted by atomic mass is 16.6. The number of amides is 3. The Balaban J connectivity index is 1.69. The number of nitrogens with one attached hydrogen (secondary N) is 2. The van der Waals surface area contributed by atoms with Crippen molar-refractivity contribution >= 4 is 23.9 Å². The van der Waals surface area contributed by atoms with Crippen molar-refractivity contribution < 1.29 is 28.7 Å². The molecule has 1 aliphatic heterocycles. The molecule has 1 saturated heterocycles. The van der Waals surface area contributed by atoms with E-state index in [4.69, 9.17) is 9.47 Å². The molecule has 1 aliphatic carbocycles. The SMILES string of the molecule is CC(C)C[C@H](NC(=O)[C@H](NC(=O)[C@@H]1CCCN1C(=O)OC(C)(C)C)C1CCCC1)C(=O)OCc1ccccc1. The number of carbonyl (C=O) groups excluding carboxylic acids is 4. The third-order valence-corrected chi connectivity index (χ3v) is 7.17. The van der Waals surface area contributed by atoms with Crippen LogP contribution in [0.1, 0.15) is 85.1 Å². The Morgan fingerprint density at radius 2 is 1.64 bits per heavy atom. The van der Waals surface area contributed by atoms with E-state index in [0.29, 0.717) is 25.8 Å². The number of hydrogen-bond acceptors (Lipinski definition) is 6. The fourth-order valence-corrected chi connectivity index (χ4v) is 5.29. The summed E-state index contributed by atoms with van der Waals surface area (Å²) in [5.74, 6) is -1.15. The largest absolute Gasteiger partial charge is 0.459 e. The molecule has 0 spiro atoms. The van der Waals surface area contributed by atoms with Gasteiger partial charge >= 0.3 is 12.1 Å². The van der Waals surface area contributed by atoms with Crippen LogP contribution < -0.4 is 10.6 Å². The molecular weight excluding hydrogens is 498 g/mol. The number of likely N-dealkylation sites (tertiary alicyclic amines) is 1. The third kappa shape index (κ3) is 9.25. The Morgan fingerprint density at radius 3 is 2.26 bits per heavy atom. The van der Waals surface area contributed by atoms with Gasteiger partial charge in [0.1, 0.15) is 30.3 Å². The molecule has 2 N–H and O–H groups in total. The van der Waals surface area contributed by atoms with E-state index >= 15 is 0 Å². The van der Waals surface area contributed by atoms with Crippen LogP contribution in [0.25, 0.3) is 0 Å². The van der Waals surface area contributed by atoms with Crippen LogP contribution in [0.15, 0.2) is 30.3 Å². The maximum absolute atomic E-state index is 13.6. The average Bonchev–Trinajstić information content (AvgIpc) is 3.57. The van der Waals surface area contributed by atoms with E-state index < -0.39 is 35.8 Å². The topological polar surface area (TPSA) is 114 Å². The summed E-state index contributed by atoms with van der Waals surface area (Å²) >= 11 is 0. The predicted molar refractivity (Wildman–Crippen MR) is 147 cm³/mol. The lowest BCUT2D eigenvalue weighted by atomic mass is 9.95. The molecule has 0 bridgehead atoms. The maximum Gasteiger partial charge on any atom is 0.410 e. The Morgan fingerprint density at radius 1 is 0.974 bits per heavy atom. The summed E-state index contributed by atoms with van der Waals surface area (Å²) in [7, 11) is 0. The van der Waals surface area contributed by atoms with Crippen LogP contribution in [0.4, 0.5) is 4.79 Å². The van der Waals surface area contributed by atoms with E-state index in [1.165, 1.54) is 4.90 Å². The zero-order chi connectivity index (χ0) is 28.6. The molecule has 2 aliphatic rings. The van der Waals surface area contributed by atoms with Crippen LogP contribution in [0, 0.1) is 11.8 Å². The summed E-state index contributed by atoms with van der Waals surface area (Å²) in [5, 5.41) is 5.84. The number of ether oxygens (including phenoxy) is 2. The first-order valence-corrected chi connectivity index (χ1v) is 14.3. The zero-order valence-electron chi connectivity index (χ0n) is 24.0.